The zero-order valence-corrected chi connectivity index (χ0v) is 12.5. The maximum atomic E-state index is 11.8. The lowest BCUT2D eigenvalue weighted by atomic mass is 10.4. The molecule has 1 aromatic heterocycles. The maximum Gasteiger partial charge on any atom is 0.411 e. The highest BCUT2D eigenvalue weighted by Gasteiger charge is 2.27. The fraction of sp³-hybridized carbons (Fsp3) is 0.444. The van der Waals surface area contributed by atoms with E-state index in [4.69, 9.17) is 0 Å². The van der Waals surface area contributed by atoms with Gasteiger partial charge in [-0.05, 0) is 31.9 Å². The summed E-state index contributed by atoms with van der Waals surface area (Å²) in [6.07, 6.45) is -3.22. The van der Waals surface area contributed by atoms with E-state index in [0.717, 1.165) is 0 Å². The number of nitrogens with one attached hydrogen (secondary N) is 1. The van der Waals surface area contributed by atoms with Gasteiger partial charge in [0.25, 0.3) is 0 Å². The van der Waals surface area contributed by atoms with E-state index >= 15 is 0 Å². The summed E-state index contributed by atoms with van der Waals surface area (Å²) in [5, 5.41) is 2.39. The van der Waals surface area contributed by atoms with Gasteiger partial charge in [-0.25, -0.2) is 9.97 Å². The first-order chi connectivity index (χ1) is 8.78. The van der Waals surface area contributed by atoms with E-state index in [0.29, 0.717) is 9.21 Å². The van der Waals surface area contributed by atoms with Gasteiger partial charge in [0.15, 0.2) is 5.82 Å². The Hall–Kier alpha value is -0.740. The zero-order valence-electron chi connectivity index (χ0n) is 9.30. The third-order valence-corrected chi connectivity index (χ3v) is 2.63. The topological polar surface area (TPSA) is 64.1 Å². The molecular weight excluding hydrogens is 399 g/mol. The number of carbonyl (C=O) groups excluding carboxylic acids is 1. The van der Waals surface area contributed by atoms with Crippen molar-refractivity contribution in [3.05, 3.63) is 15.4 Å². The van der Waals surface area contributed by atoms with E-state index in [-0.39, 0.29) is 18.8 Å². The van der Waals surface area contributed by atoms with E-state index < -0.39 is 18.7 Å². The molecule has 0 aromatic carbocycles. The Morgan fingerprint density at radius 1 is 1.42 bits per heavy atom. The summed E-state index contributed by atoms with van der Waals surface area (Å²) in [5.41, 5.74) is 0. The van der Waals surface area contributed by atoms with Crippen LogP contribution in [0, 0.1) is 0 Å². The van der Waals surface area contributed by atoms with Crippen LogP contribution in [0.15, 0.2) is 15.4 Å². The molecule has 0 bridgehead atoms. The number of hydrogen-bond donors (Lipinski definition) is 1. The summed E-state index contributed by atoms with van der Waals surface area (Å²) >= 11 is 6.17. The summed E-state index contributed by atoms with van der Waals surface area (Å²) in [7, 11) is 0. The maximum absolute atomic E-state index is 11.8. The second-order valence-electron chi connectivity index (χ2n) is 3.30. The molecule has 0 aliphatic carbocycles. The van der Waals surface area contributed by atoms with Crippen LogP contribution in [-0.2, 0) is 9.53 Å². The van der Waals surface area contributed by atoms with E-state index in [9.17, 15) is 18.0 Å². The molecule has 0 unspecified atom stereocenters. The van der Waals surface area contributed by atoms with E-state index in [1.165, 1.54) is 6.20 Å². The molecule has 1 amide bonds. The summed E-state index contributed by atoms with van der Waals surface area (Å²) in [5.74, 6) is -0.330. The fourth-order valence-electron chi connectivity index (χ4n) is 0.978. The molecule has 1 heterocycles. The molecule has 19 heavy (non-hydrogen) atoms. The molecule has 0 saturated carbocycles. The molecule has 10 heteroatoms. The predicted octanol–water partition coefficient (Wildman–Crippen LogP) is 2.91. The van der Waals surface area contributed by atoms with Crippen LogP contribution < -0.4 is 5.32 Å². The van der Waals surface area contributed by atoms with Gasteiger partial charge in [-0.3, -0.25) is 4.79 Å². The molecular formula is C9H8Br2F3N3O2. The second-order valence-corrected chi connectivity index (χ2v) is 4.86. The minimum absolute atomic E-state index is 0.184. The monoisotopic (exact) mass is 405 g/mol. The van der Waals surface area contributed by atoms with Gasteiger partial charge in [0.1, 0.15) is 15.8 Å². The average molecular weight is 407 g/mol. The van der Waals surface area contributed by atoms with Crippen molar-refractivity contribution in [1.29, 1.82) is 0 Å². The van der Waals surface area contributed by atoms with Crippen molar-refractivity contribution in [2.75, 3.05) is 18.5 Å². The van der Waals surface area contributed by atoms with Crippen molar-refractivity contribution in [2.45, 2.75) is 12.6 Å². The second kappa shape index (κ2) is 7.15. The van der Waals surface area contributed by atoms with Crippen molar-refractivity contribution in [3.63, 3.8) is 0 Å². The molecule has 0 radical (unpaired) electrons. The summed E-state index contributed by atoms with van der Waals surface area (Å²) in [6.45, 7) is -1.70. The van der Waals surface area contributed by atoms with Gasteiger partial charge in [-0.2, -0.15) is 13.2 Å². The normalized spacial score (nSPS) is 11.4. The van der Waals surface area contributed by atoms with Crippen LogP contribution in [0.5, 0.6) is 0 Å². The molecule has 0 saturated heterocycles. The largest absolute Gasteiger partial charge is 0.411 e. The van der Waals surface area contributed by atoms with Crippen LogP contribution in [-0.4, -0.2) is 35.3 Å². The quantitative estimate of drug-likeness (QED) is 0.763. The Labute approximate surface area is 123 Å². The molecule has 0 atom stereocenters. The number of amides is 1. The number of nitrogens with zero attached hydrogens (tertiary/aromatic N) is 2. The Morgan fingerprint density at radius 3 is 2.68 bits per heavy atom. The number of halogens is 5. The van der Waals surface area contributed by atoms with Crippen molar-refractivity contribution < 1.29 is 22.7 Å². The molecule has 1 rings (SSSR count). The first kappa shape index (κ1) is 16.3. The number of anilines is 1. The minimum Gasteiger partial charge on any atom is -0.372 e. The molecule has 0 fully saturated rings. The summed E-state index contributed by atoms with van der Waals surface area (Å²) in [4.78, 5) is 19.2. The highest BCUT2D eigenvalue weighted by atomic mass is 79.9. The highest BCUT2D eigenvalue weighted by molar-refractivity contribution is 9.11. The van der Waals surface area contributed by atoms with Crippen LogP contribution in [0.25, 0.3) is 0 Å². The lowest BCUT2D eigenvalue weighted by molar-refractivity contribution is -0.174. The fourth-order valence-corrected chi connectivity index (χ4v) is 1.89. The van der Waals surface area contributed by atoms with Crippen LogP contribution in [0.4, 0.5) is 19.0 Å². The molecule has 0 aliphatic heterocycles. The highest BCUT2D eigenvalue weighted by Crippen LogP contribution is 2.19. The molecule has 5 nitrogen and oxygen atoms in total. The lowest BCUT2D eigenvalue weighted by Gasteiger charge is -2.08. The number of alkyl halides is 3. The molecule has 1 N–H and O–H groups in total. The van der Waals surface area contributed by atoms with Gasteiger partial charge in [-0.1, -0.05) is 0 Å². The first-order valence-electron chi connectivity index (χ1n) is 4.90. The third-order valence-electron chi connectivity index (χ3n) is 1.70. The van der Waals surface area contributed by atoms with E-state index in [2.05, 4.69) is 51.9 Å². The Bertz CT molecular complexity index is 457. The third kappa shape index (κ3) is 6.83. The smallest absolute Gasteiger partial charge is 0.372 e. The van der Waals surface area contributed by atoms with Crippen molar-refractivity contribution in [2.24, 2.45) is 0 Å². The number of ether oxygens (including phenoxy) is 1. The molecule has 0 aliphatic rings. The summed E-state index contributed by atoms with van der Waals surface area (Å²) in [6, 6.07) is 0. The number of carbonyl (C=O) groups is 1. The van der Waals surface area contributed by atoms with E-state index in [1.807, 2.05) is 0 Å². The van der Waals surface area contributed by atoms with Gasteiger partial charge in [0.2, 0.25) is 5.91 Å². The van der Waals surface area contributed by atoms with Crippen molar-refractivity contribution >= 4 is 43.6 Å². The number of aromatic nitrogens is 2. The standard InChI is InChI=1S/C9H8Br2F3N3O2/c10-5-3-15-8(7(11)16-5)17-6(18)1-2-19-4-9(12,13)14/h3H,1-2,4H2,(H,15,17,18). The van der Waals surface area contributed by atoms with Gasteiger partial charge in [-0.15, -0.1) is 0 Å². The Balaban J connectivity index is 2.35. The Kier molecular flexibility index (Phi) is 6.14. The van der Waals surface area contributed by atoms with Gasteiger partial charge in [0, 0.05) is 0 Å². The van der Waals surface area contributed by atoms with Crippen LogP contribution in [0.3, 0.4) is 0 Å². The van der Waals surface area contributed by atoms with Crippen molar-refractivity contribution in [1.82, 2.24) is 9.97 Å². The Morgan fingerprint density at radius 2 is 2.11 bits per heavy atom. The van der Waals surface area contributed by atoms with Crippen LogP contribution >= 0.6 is 31.9 Å². The van der Waals surface area contributed by atoms with Gasteiger partial charge >= 0.3 is 6.18 Å². The predicted molar refractivity (Wildman–Crippen MR) is 67.6 cm³/mol. The van der Waals surface area contributed by atoms with Crippen LogP contribution in [0.1, 0.15) is 6.42 Å². The number of hydrogen-bond acceptors (Lipinski definition) is 4. The average Bonchev–Trinajstić information content (AvgIpc) is 2.27. The van der Waals surface area contributed by atoms with E-state index in [1.54, 1.807) is 0 Å². The zero-order chi connectivity index (χ0) is 14.5. The lowest BCUT2D eigenvalue weighted by Crippen LogP contribution is -2.20. The molecule has 0 spiro atoms. The SMILES string of the molecule is O=C(CCOCC(F)(F)F)Nc1ncc(Br)nc1Br. The van der Waals surface area contributed by atoms with Crippen molar-refractivity contribution in [3.8, 4) is 0 Å². The van der Waals surface area contributed by atoms with Gasteiger partial charge in [0.05, 0.1) is 19.2 Å². The first-order valence-corrected chi connectivity index (χ1v) is 6.49. The summed E-state index contributed by atoms with van der Waals surface area (Å²) < 4.78 is 40.4. The minimum atomic E-state index is -4.39. The van der Waals surface area contributed by atoms with Gasteiger partial charge < -0.3 is 10.1 Å². The number of rotatable bonds is 5. The molecule has 106 valence electrons. The van der Waals surface area contributed by atoms with Crippen LogP contribution in [0.2, 0.25) is 0 Å². The molecule has 1 aromatic rings.